The van der Waals surface area contributed by atoms with Gasteiger partial charge < -0.3 is 4.90 Å². The molecule has 3 heteroatoms. The zero-order valence-corrected chi connectivity index (χ0v) is 7.77. The van der Waals surface area contributed by atoms with E-state index < -0.39 is 0 Å². The lowest BCUT2D eigenvalue weighted by atomic mass is 10.00. The van der Waals surface area contributed by atoms with Crippen molar-refractivity contribution >= 4 is 18.4 Å². The number of benzene rings is 1. The Morgan fingerprint density at radius 3 is 2.86 bits per heavy atom. The topological polar surface area (TPSA) is 37.4 Å². The Kier molecular flexibility index (Phi) is 2.31. The van der Waals surface area contributed by atoms with E-state index in [2.05, 4.69) is 0 Å². The number of hydrogen-bond acceptors (Lipinski definition) is 2. The SMILES string of the molecule is O=Cc1ccc2c(c1)CCCN2C=O. The van der Waals surface area contributed by atoms with Gasteiger partial charge in [-0.3, -0.25) is 9.59 Å². The summed E-state index contributed by atoms with van der Waals surface area (Å²) >= 11 is 0. The van der Waals surface area contributed by atoms with Gasteiger partial charge in [-0.25, -0.2) is 0 Å². The van der Waals surface area contributed by atoms with Crippen molar-refractivity contribution in [3.05, 3.63) is 29.3 Å². The highest BCUT2D eigenvalue weighted by Crippen LogP contribution is 2.26. The van der Waals surface area contributed by atoms with Crippen molar-refractivity contribution in [1.82, 2.24) is 0 Å². The van der Waals surface area contributed by atoms with Crippen LogP contribution in [0.15, 0.2) is 18.2 Å². The van der Waals surface area contributed by atoms with E-state index in [-0.39, 0.29) is 0 Å². The molecule has 0 bridgehead atoms. The molecule has 0 saturated carbocycles. The van der Waals surface area contributed by atoms with Crippen molar-refractivity contribution in [2.75, 3.05) is 11.4 Å². The number of nitrogens with zero attached hydrogens (tertiary/aromatic N) is 1. The molecule has 1 amide bonds. The number of amides is 1. The lowest BCUT2D eigenvalue weighted by molar-refractivity contribution is -0.107. The quantitative estimate of drug-likeness (QED) is 0.659. The Balaban J connectivity index is 2.45. The fourth-order valence-corrected chi connectivity index (χ4v) is 1.83. The summed E-state index contributed by atoms with van der Waals surface area (Å²) in [6.45, 7) is 0.775. The van der Waals surface area contributed by atoms with Gasteiger partial charge >= 0.3 is 0 Å². The summed E-state index contributed by atoms with van der Waals surface area (Å²) in [6, 6.07) is 5.44. The van der Waals surface area contributed by atoms with E-state index in [4.69, 9.17) is 0 Å². The number of aryl methyl sites for hydroxylation is 1. The highest BCUT2D eigenvalue weighted by atomic mass is 16.1. The van der Waals surface area contributed by atoms with Crippen LogP contribution in [0, 0.1) is 0 Å². The third-order valence-corrected chi connectivity index (χ3v) is 2.52. The molecule has 1 aromatic carbocycles. The summed E-state index contributed by atoms with van der Waals surface area (Å²) in [4.78, 5) is 23.0. The molecular formula is C11H11NO2. The van der Waals surface area contributed by atoms with Crippen LogP contribution < -0.4 is 4.90 Å². The summed E-state index contributed by atoms with van der Waals surface area (Å²) in [7, 11) is 0. The zero-order chi connectivity index (χ0) is 9.97. The Bertz CT molecular complexity index is 374. The van der Waals surface area contributed by atoms with Crippen molar-refractivity contribution in [3.63, 3.8) is 0 Å². The number of fused-ring (bicyclic) bond motifs is 1. The van der Waals surface area contributed by atoms with Gasteiger partial charge in [-0.1, -0.05) is 0 Å². The first kappa shape index (κ1) is 8.94. The van der Waals surface area contributed by atoms with Gasteiger partial charge in [-0.05, 0) is 36.6 Å². The van der Waals surface area contributed by atoms with Gasteiger partial charge in [0.05, 0.1) is 0 Å². The summed E-state index contributed by atoms with van der Waals surface area (Å²) in [5.41, 5.74) is 2.71. The molecule has 14 heavy (non-hydrogen) atoms. The van der Waals surface area contributed by atoms with Crippen molar-refractivity contribution in [2.45, 2.75) is 12.8 Å². The van der Waals surface area contributed by atoms with Crippen LogP contribution in [0.5, 0.6) is 0 Å². The predicted octanol–water partition coefficient (Wildman–Crippen LogP) is 1.41. The first-order valence-electron chi connectivity index (χ1n) is 4.65. The summed E-state index contributed by atoms with van der Waals surface area (Å²) in [6.07, 6.45) is 3.59. The Morgan fingerprint density at radius 1 is 1.29 bits per heavy atom. The van der Waals surface area contributed by atoms with Gasteiger partial charge in [-0.2, -0.15) is 0 Å². The van der Waals surface area contributed by atoms with Gasteiger partial charge in [0.15, 0.2) is 0 Å². The first-order chi connectivity index (χ1) is 6.85. The van der Waals surface area contributed by atoms with E-state index in [0.717, 1.165) is 43.3 Å². The normalized spacial score (nSPS) is 14.7. The van der Waals surface area contributed by atoms with Crippen LogP contribution in [0.25, 0.3) is 0 Å². The predicted molar refractivity (Wildman–Crippen MR) is 53.6 cm³/mol. The second-order valence-corrected chi connectivity index (χ2v) is 3.41. The molecule has 0 N–H and O–H groups in total. The molecule has 3 nitrogen and oxygen atoms in total. The molecule has 1 aromatic rings. The van der Waals surface area contributed by atoms with E-state index in [1.54, 1.807) is 11.0 Å². The third-order valence-electron chi connectivity index (χ3n) is 2.52. The maximum absolute atomic E-state index is 10.7. The molecule has 0 atom stereocenters. The summed E-state index contributed by atoms with van der Waals surface area (Å²) in [5.74, 6) is 0. The lowest BCUT2D eigenvalue weighted by Crippen LogP contribution is -2.27. The Morgan fingerprint density at radius 2 is 2.14 bits per heavy atom. The minimum absolute atomic E-state index is 0.677. The average Bonchev–Trinajstić information content (AvgIpc) is 2.27. The van der Waals surface area contributed by atoms with Gasteiger partial charge in [-0.15, -0.1) is 0 Å². The monoisotopic (exact) mass is 189 g/mol. The second-order valence-electron chi connectivity index (χ2n) is 3.41. The van der Waals surface area contributed by atoms with Crippen molar-refractivity contribution < 1.29 is 9.59 Å². The van der Waals surface area contributed by atoms with E-state index >= 15 is 0 Å². The molecule has 2 rings (SSSR count). The highest BCUT2D eigenvalue weighted by Gasteiger charge is 2.15. The van der Waals surface area contributed by atoms with E-state index in [1.807, 2.05) is 12.1 Å². The van der Waals surface area contributed by atoms with Crippen LogP contribution in [0.1, 0.15) is 22.3 Å². The fourth-order valence-electron chi connectivity index (χ4n) is 1.83. The molecule has 1 heterocycles. The lowest BCUT2D eigenvalue weighted by Gasteiger charge is -2.25. The van der Waals surface area contributed by atoms with Gasteiger partial charge in [0, 0.05) is 17.8 Å². The summed E-state index contributed by atoms with van der Waals surface area (Å²) < 4.78 is 0. The average molecular weight is 189 g/mol. The Hall–Kier alpha value is -1.64. The molecule has 0 radical (unpaired) electrons. The molecule has 0 saturated heterocycles. The van der Waals surface area contributed by atoms with Crippen LogP contribution in [0.4, 0.5) is 5.69 Å². The maximum atomic E-state index is 10.7. The number of anilines is 1. The number of rotatable bonds is 2. The fraction of sp³-hybridized carbons (Fsp3) is 0.273. The van der Waals surface area contributed by atoms with Crippen LogP contribution in [-0.2, 0) is 11.2 Å². The van der Waals surface area contributed by atoms with E-state index in [0.29, 0.717) is 5.56 Å². The zero-order valence-electron chi connectivity index (χ0n) is 7.77. The third kappa shape index (κ3) is 1.41. The molecule has 1 aliphatic rings. The van der Waals surface area contributed by atoms with Crippen LogP contribution in [0.3, 0.4) is 0 Å². The molecule has 0 fully saturated rings. The van der Waals surface area contributed by atoms with Crippen molar-refractivity contribution in [1.29, 1.82) is 0 Å². The van der Waals surface area contributed by atoms with Crippen LogP contribution in [-0.4, -0.2) is 19.2 Å². The number of carbonyl (C=O) groups is 2. The van der Waals surface area contributed by atoms with Gasteiger partial charge in [0.1, 0.15) is 6.29 Å². The summed E-state index contributed by atoms with van der Waals surface area (Å²) in [5, 5.41) is 0. The largest absolute Gasteiger partial charge is 0.315 e. The van der Waals surface area contributed by atoms with Gasteiger partial charge in [0.2, 0.25) is 6.41 Å². The molecular weight excluding hydrogens is 178 g/mol. The van der Waals surface area contributed by atoms with Crippen molar-refractivity contribution in [2.24, 2.45) is 0 Å². The molecule has 1 aliphatic heterocycles. The standard InChI is InChI=1S/C11H11NO2/c13-7-9-3-4-11-10(6-9)2-1-5-12(11)8-14/h3-4,6-8H,1-2,5H2. The molecule has 0 unspecified atom stereocenters. The Labute approximate surface area is 82.3 Å². The van der Waals surface area contributed by atoms with Crippen LogP contribution >= 0.6 is 0 Å². The number of hydrogen-bond donors (Lipinski definition) is 0. The second kappa shape index (κ2) is 3.62. The maximum Gasteiger partial charge on any atom is 0.214 e. The number of carbonyl (C=O) groups excluding carboxylic acids is 2. The number of aldehydes is 1. The molecule has 0 aliphatic carbocycles. The minimum Gasteiger partial charge on any atom is -0.315 e. The van der Waals surface area contributed by atoms with E-state index in [9.17, 15) is 9.59 Å². The van der Waals surface area contributed by atoms with Crippen LogP contribution in [0.2, 0.25) is 0 Å². The molecule has 0 aromatic heterocycles. The van der Waals surface area contributed by atoms with E-state index in [1.165, 1.54) is 0 Å². The molecule has 72 valence electrons. The first-order valence-corrected chi connectivity index (χ1v) is 4.65. The van der Waals surface area contributed by atoms with Crippen molar-refractivity contribution in [3.8, 4) is 0 Å². The highest BCUT2D eigenvalue weighted by molar-refractivity contribution is 5.82. The molecule has 0 spiro atoms. The minimum atomic E-state index is 0.677. The van der Waals surface area contributed by atoms with Gasteiger partial charge in [0.25, 0.3) is 0 Å². The smallest absolute Gasteiger partial charge is 0.214 e.